The van der Waals surface area contributed by atoms with E-state index in [1.807, 2.05) is 0 Å². The number of aryl methyl sites for hydroxylation is 3. The van der Waals surface area contributed by atoms with Crippen LogP contribution in [0.2, 0.25) is 0 Å². The molecule has 1 rings (SSSR count). The Kier molecular flexibility index (Phi) is 6.73. The quantitative estimate of drug-likeness (QED) is 0.585. The van der Waals surface area contributed by atoms with Gasteiger partial charge in [0.2, 0.25) is 0 Å². The first kappa shape index (κ1) is 13.7. The molecule has 0 aliphatic carbocycles. The molecule has 0 aliphatic rings. The van der Waals surface area contributed by atoms with Crippen LogP contribution in [0, 0.1) is 0 Å². The molecule has 0 bridgehead atoms. The van der Waals surface area contributed by atoms with E-state index in [0.29, 0.717) is 0 Å². The molecule has 0 aliphatic heterocycles. The maximum absolute atomic E-state index is 2.44. The largest absolute Gasteiger partial charge is 0.0694 e. The third-order valence-electron chi connectivity index (χ3n) is 2.97. The molecular weight excluding hydrogens is 211 g/mol. The van der Waals surface area contributed by atoms with Crippen LogP contribution in [-0.2, 0) is 19.3 Å². The number of unbranched alkanes of at least 4 members (excludes halogenated alkanes) is 2. The first-order chi connectivity index (χ1) is 7.80. The van der Waals surface area contributed by atoms with E-state index in [9.17, 15) is 0 Å². The smallest absolute Gasteiger partial charge is 0.0201 e. The lowest BCUT2D eigenvalue weighted by Gasteiger charge is -2.07. The first-order valence-electron chi connectivity index (χ1n) is 6.78. The van der Waals surface area contributed by atoms with E-state index in [-0.39, 0.29) is 0 Å². The molecule has 0 saturated carbocycles. The Morgan fingerprint density at radius 2 is 1.38 bits per heavy atom. The SMILES string of the molecule is CCCCc1cc(CC)cc(CCCC)p1. The fourth-order valence-electron chi connectivity index (χ4n) is 1.89. The molecule has 0 fully saturated rings. The normalized spacial score (nSPS) is 10.7. The molecule has 0 aromatic carbocycles. The summed E-state index contributed by atoms with van der Waals surface area (Å²) in [6.07, 6.45) is 9.08. The highest BCUT2D eigenvalue weighted by atomic mass is 31.0. The molecule has 0 saturated heterocycles. The van der Waals surface area contributed by atoms with Crippen LogP contribution in [0.4, 0.5) is 0 Å². The van der Waals surface area contributed by atoms with Gasteiger partial charge >= 0.3 is 0 Å². The molecular formula is C15H25P. The topological polar surface area (TPSA) is 0 Å². The zero-order valence-corrected chi connectivity index (χ0v) is 11.9. The van der Waals surface area contributed by atoms with Gasteiger partial charge in [-0.2, -0.15) is 0 Å². The lowest BCUT2D eigenvalue weighted by atomic mass is 10.1. The molecule has 1 aromatic heterocycles. The summed E-state index contributed by atoms with van der Waals surface area (Å²) in [7, 11) is 1.51. The zero-order valence-electron chi connectivity index (χ0n) is 11.1. The van der Waals surface area contributed by atoms with Gasteiger partial charge in [0.05, 0.1) is 0 Å². The molecule has 0 spiro atoms. The fraction of sp³-hybridized carbons (Fsp3) is 0.667. The van der Waals surface area contributed by atoms with E-state index in [0.717, 1.165) is 0 Å². The maximum Gasteiger partial charge on any atom is -0.0201 e. The van der Waals surface area contributed by atoms with Gasteiger partial charge in [-0.15, -0.1) is 0 Å². The second kappa shape index (κ2) is 7.85. The lowest BCUT2D eigenvalue weighted by Crippen LogP contribution is -1.89. The van der Waals surface area contributed by atoms with Crippen molar-refractivity contribution in [3.05, 3.63) is 28.3 Å². The molecule has 0 amide bonds. The predicted molar refractivity (Wildman–Crippen MR) is 75.6 cm³/mol. The Balaban J connectivity index is 2.74. The molecule has 0 radical (unpaired) electrons. The summed E-state index contributed by atoms with van der Waals surface area (Å²) in [4.78, 5) is 0. The average Bonchev–Trinajstić information content (AvgIpc) is 2.33. The van der Waals surface area contributed by atoms with Crippen molar-refractivity contribution in [1.29, 1.82) is 0 Å². The second-order valence-corrected chi connectivity index (χ2v) is 5.89. The Morgan fingerprint density at radius 3 is 1.75 bits per heavy atom. The summed E-state index contributed by atoms with van der Waals surface area (Å²) in [5.74, 6) is 0. The van der Waals surface area contributed by atoms with Crippen LogP contribution in [0.5, 0.6) is 0 Å². The van der Waals surface area contributed by atoms with E-state index in [1.165, 1.54) is 58.7 Å². The molecule has 16 heavy (non-hydrogen) atoms. The molecule has 90 valence electrons. The van der Waals surface area contributed by atoms with Crippen molar-refractivity contribution in [2.24, 2.45) is 0 Å². The third-order valence-corrected chi connectivity index (χ3v) is 4.25. The van der Waals surface area contributed by atoms with Crippen molar-refractivity contribution >= 4 is 8.19 Å². The van der Waals surface area contributed by atoms with Gasteiger partial charge in [0.15, 0.2) is 0 Å². The van der Waals surface area contributed by atoms with Crippen LogP contribution in [0.3, 0.4) is 0 Å². The summed E-state index contributed by atoms with van der Waals surface area (Å²) < 4.78 is 0. The Morgan fingerprint density at radius 1 is 0.875 bits per heavy atom. The zero-order chi connectivity index (χ0) is 11.8. The van der Waals surface area contributed by atoms with Gasteiger partial charge in [0, 0.05) is 0 Å². The van der Waals surface area contributed by atoms with Crippen molar-refractivity contribution in [2.45, 2.75) is 65.7 Å². The first-order valence-corrected chi connectivity index (χ1v) is 7.68. The van der Waals surface area contributed by atoms with Crippen molar-refractivity contribution in [2.75, 3.05) is 0 Å². The number of rotatable bonds is 7. The Labute approximate surface area is 103 Å². The Bertz CT molecular complexity index is 278. The van der Waals surface area contributed by atoms with Crippen LogP contribution in [0.25, 0.3) is 0 Å². The molecule has 0 atom stereocenters. The summed E-state index contributed by atoms with van der Waals surface area (Å²) >= 11 is 0. The highest BCUT2D eigenvalue weighted by Gasteiger charge is 2.01. The standard InChI is InChI=1S/C15H25P/c1-4-7-9-14-11-13(6-3)12-15(16-14)10-8-5-2/h11-12H,4-10H2,1-3H3. The van der Waals surface area contributed by atoms with Crippen LogP contribution < -0.4 is 0 Å². The summed E-state index contributed by atoms with van der Waals surface area (Å²) in [5.41, 5.74) is 1.54. The minimum Gasteiger partial charge on any atom is -0.0694 e. The molecule has 1 heteroatoms. The summed E-state index contributed by atoms with van der Waals surface area (Å²) in [6, 6.07) is 4.87. The van der Waals surface area contributed by atoms with E-state index in [1.54, 1.807) is 10.6 Å². The molecule has 1 aromatic rings. The van der Waals surface area contributed by atoms with Crippen LogP contribution in [0.1, 0.15) is 62.6 Å². The van der Waals surface area contributed by atoms with Gasteiger partial charge in [-0.3, -0.25) is 0 Å². The summed E-state index contributed by atoms with van der Waals surface area (Å²) in [5, 5.41) is 3.29. The summed E-state index contributed by atoms with van der Waals surface area (Å²) in [6.45, 7) is 6.82. The van der Waals surface area contributed by atoms with Crippen molar-refractivity contribution in [3.63, 3.8) is 0 Å². The fourth-order valence-corrected chi connectivity index (χ4v) is 3.26. The van der Waals surface area contributed by atoms with Gasteiger partial charge < -0.3 is 0 Å². The van der Waals surface area contributed by atoms with E-state index in [4.69, 9.17) is 0 Å². The number of hydrogen-bond donors (Lipinski definition) is 0. The highest BCUT2D eigenvalue weighted by molar-refractivity contribution is 7.31. The minimum absolute atomic E-state index is 1.18. The molecule has 0 N–H and O–H groups in total. The van der Waals surface area contributed by atoms with Crippen molar-refractivity contribution < 1.29 is 0 Å². The van der Waals surface area contributed by atoms with Crippen LogP contribution in [-0.4, -0.2) is 0 Å². The number of hydrogen-bond acceptors (Lipinski definition) is 0. The monoisotopic (exact) mass is 236 g/mol. The maximum atomic E-state index is 2.44. The van der Waals surface area contributed by atoms with E-state index < -0.39 is 0 Å². The van der Waals surface area contributed by atoms with Crippen molar-refractivity contribution in [3.8, 4) is 0 Å². The van der Waals surface area contributed by atoms with E-state index in [2.05, 4.69) is 32.9 Å². The van der Waals surface area contributed by atoms with Gasteiger partial charge in [-0.05, 0) is 48.3 Å². The molecule has 0 unspecified atom stereocenters. The van der Waals surface area contributed by atoms with Crippen LogP contribution >= 0.6 is 8.19 Å². The van der Waals surface area contributed by atoms with Gasteiger partial charge in [0.1, 0.15) is 0 Å². The highest BCUT2D eigenvalue weighted by Crippen LogP contribution is 2.26. The van der Waals surface area contributed by atoms with Gasteiger partial charge in [0.25, 0.3) is 0 Å². The average molecular weight is 236 g/mol. The van der Waals surface area contributed by atoms with Crippen molar-refractivity contribution in [1.82, 2.24) is 0 Å². The Hall–Kier alpha value is -0.350. The van der Waals surface area contributed by atoms with Gasteiger partial charge in [-0.25, -0.2) is 0 Å². The third kappa shape index (κ3) is 4.66. The van der Waals surface area contributed by atoms with Gasteiger partial charge in [-0.1, -0.05) is 53.9 Å². The van der Waals surface area contributed by atoms with E-state index >= 15 is 0 Å². The predicted octanol–water partition coefficient (Wildman–Crippen LogP) is 5.51. The lowest BCUT2D eigenvalue weighted by molar-refractivity contribution is 0.796. The molecule has 0 nitrogen and oxygen atoms in total. The van der Waals surface area contributed by atoms with Crippen LogP contribution in [0.15, 0.2) is 12.1 Å². The molecule has 1 heterocycles. The minimum atomic E-state index is 1.18. The second-order valence-electron chi connectivity index (χ2n) is 4.52.